The fraction of sp³-hybridized carbons (Fsp3) is 0.350. The van der Waals surface area contributed by atoms with Gasteiger partial charge in [0.1, 0.15) is 11.3 Å². The Hall–Kier alpha value is -2.52. The molecule has 150 valence electrons. The molecule has 0 saturated carbocycles. The van der Waals surface area contributed by atoms with E-state index in [1.165, 1.54) is 23.5 Å². The summed E-state index contributed by atoms with van der Waals surface area (Å²) in [5.74, 6) is 0.796. The van der Waals surface area contributed by atoms with E-state index in [1.54, 1.807) is 11.7 Å². The van der Waals surface area contributed by atoms with Crippen LogP contribution in [0.25, 0.3) is 21.9 Å². The smallest absolute Gasteiger partial charge is 0.381 e. The van der Waals surface area contributed by atoms with Gasteiger partial charge in [0.05, 0.1) is 34.0 Å². The van der Waals surface area contributed by atoms with E-state index in [-0.39, 0.29) is 6.04 Å². The molecular weight excluding hydrogens is 401 g/mol. The second kappa shape index (κ2) is 7.07. The number of hydrogen-bond donors (Lipinski definition) is 0. The van der Waals surface area contributed by atoms with Crippen molar-refractivity contribution in [2.75, 3.05) is 13.2 Å². The molecule has 0 aliphatic carbocycles. The van der Waals surface area contributed by atoms with Crippen LogP contribution in [0.2, 0.25) is 0 Å². The van der Waals surface area contributed by atoms with Crippen LogP contribution in [0.4, 0.5) is 13.2 Å². The molecule has 29 heavy (non-hydrogen) atoms. The van der Waals surface area contributed by atoms with Crippen molar-refractivity contribution in [2.45, 2.75) is 31.5 Å². The van der Waals surface area contributed by atoms with Gasteiger partial charge in [0.25, 0.3) is 0 Å². The Kier molecular flexibility index (Phi) is 4.51. The number of benzene rings is 1. The molecule has 1 aliphatic rings. The molecule has 1 fully saturated rings. The second-order valence-electron chi connectivity index (χ2n) is 7.12. The van der Waals surface area contributed by atoms with Gasteiger partial charge in [-0.1, -0.05) is 0 Å². The first-order chi connectivity index (χ1) is 14.0. The van der Waals surface area contributed by atoms with Gasteiger partial charge < -0.3 is 9.30 Å². The van der Waals surface area contributed by atoms with Gasteiger partial charge in [-0.3, -0.25) is 4.98 Å². The van der Waals surface area contributed by atoms with E-state index >= 15 is 0 Å². The molecule has 5 rings (SSSR count). The molecule has 0 amide bonds. The number of hydrogen-bond acceptors (Lipinski definition) is 5. The summed E-state index contributed by atoms with van der Waals surface area (Å²) in [7, 11) is 0. The van der Waals surface area contributed by atoms with Gasteiger partial charge in [-0.15, -0.1) is 11.3 Å². The fourth-order valence-electron chi connectivity index (χ4n) is 3.95. The summed E-state index contributed by atoms with van der Waals surface area (Å²) in [5.41, 5.74) is 3.82. The molecule has 0 atom stereocenters. The molecule has 9 heteroatoms. The molecule has 0 spiro atoms. The van der Waals surface area contributed by atoms with E-state index in [1.807, 2.05) is 5.38 Å². The Morgan fingerprint density at radius 3 is 2.69 bits per heavy atom. The maximum Gasteiger partial charge on any atom is 0.416 e. The third-order valence-corrected chi connectivity index (χ3v) is 5.93. The van der Waals surface area contributed by atoms with Crippen LogP contribution in [-0.4, -0.2) is 32.7 Å². The van der Waals surface area contributed by atoms with E-state index in [0.29, 0.717) is 41.6 Å². The van der Waals surface area contributed by atoms with Crippen molar-refractivity contribution >= 4 is 33.3 Å². The van der Waals surface area contributed by atoms with Crippen LogP contribution in [0.3, 0.4) is 0 Å². The SMILES string of the molecule is FC(F)(F)c1ccc2ncc3nc(Cc4cscn4)n(C4CCOCC4)c3c2c1. The first-order valence-corrected chi connectivity index (χ1v) is 10.3. The monoisotopic (exact) mass is 418 g/mol. The van der Waals surface area contributed by atoms with Gasteiger partial charge in [-0.2, -0.15) is 13.2 Å². The number of fused-ring (bicyclic) bond motifs is 3. The van der Waals surface area contributed by atoms with Crippen LogP contribution >= 0.6 is 11.3 Å². The third-order valence-electron chi connectivity index (χ3n) is 5.29. The minimum absolute atomic E-state index is 0.113. The zero-order chi connectivity index (χ0) is 20.0. The van der Waals surface area contributed by atoms with Crippen molar-refractivity contribution in [3.05, 3.63) is 52.4 Å². The fourth-order valence-corrected chi connectivity index (χ4v) is 4.51. The Bertz CT molecular complexity index is 1160. The van der Waals surface area contributed by atoms with Gasteiger partial charge in [-0.25, -0.2) is 9.97 Å². The molecule has 4 aromatic rings. The Morgan fingerprint density at radius 2 is 1.97 bits per heavy atom. The highest BCUT2D eigenvalue weighted by Crippen LogP contribution is 2.36. The molecule has 0 N–H and O–H groups in total. The van der Waals surface area contributed by atoms with Crippen molar-refractivity contribution in [1.29, 1.82) is 0 Å². The summed E-state index contributed by atoms with van der Waals surface area (Å²) in [5, 5.41) is 2.44. The number of nitrogens with zero attached hydrogens (tertiary/aromatic N) is 4. The molecule has 0 bridgehead atoms. The highest BCUT2D eigenvalue weighted by Gasteiger charge is 2.31. The standard InChI is InChI=1S/C20H17F3N4OS/c21-20(22,23)12-1-2-16-15(7-12)19-17(9-24-16)26-18(8-13-10-29-11-25-13)27(19)14-3-5-28-6-4-14/h1-2,7,9-11,14H,3-6,8H2. The summed E-state index contributed by atoms with van der Waals surface area (Å²) < 4.78 is 47.7. The van der Waals surface area contributed by atoms with Gasteiger partial charge in [0.2, 0.25) is 0 Å². The van der Waals surface area contributed by atoms with E-state index in [4.69, 9.17) is 9.72 Å². The van der Waals surface area contributed by atoms with Gasteiger partial charge >= 0.3 is 6.18 Å². The largest absolute Gasteiger partial charge is 0.416 e. The van der Waals surface area contributed by atoms with Crippen LogP contribution in [-0.2, 0) is 17.3 Å². The third kappa shape index (κ3) is 3.38. The number of pyridine rings is 1. The van der Waals surface area contributed by atoms with Crippen LogP contribution < -0.4 is 0 Å². The van der Waals surface area contributed by atoms with Gasteiger partial charge in [0, 0.05) is 36.4 Å². The van der Waals surface area contributed by atoms with E-state index in [2.05, 4.69) is 14.5 Å². The summed E-state index contributed by atoms with van der Waals surface area (Å²) in [6, 6.07) is 3.81. The molecule has 1 aromatic carbocycles. The average Bonchev–Trinajstić information content (AvgIpc) is 3.35. The predicted molar refractivity (Wildman–Crippen MR) is 104 cm³/mol. The highest BCUT2D eigenvalue weighted by atomic mass is 32.1. The maximum atomic E-state index is 13.4. The molecule has 1 aliphatic heterocycles. The van der Waals surface area contributed by atoms with Crippen molar-refractivity contribution in [1.82, 2.24) is 19.5 Å². The lowest BCUT2D eigenvalue weighted by Gasteiger charge is -2.26. The van der Waals surface area contributed by atoms with Crippen LogP contribution in [0.1, 0.15) is 36.0 Å². The lowest BCUT2D eigenvalue weighted by Crippen LogP contribution is -2.21. The molecule has 0 unspecified atom stereocenters. The minimum atomic E-state index is -4.41. The second-order valence-corrected chi connectivity index (χ2v) is 7.84. The zero-order valence-corrected chi connectivity index (χ0v) is 16.1. The van der Waals surface area contributed by atoms with Gasteiger partial charge in [0.15, 0.2) is 0 Å². The van der Waals surface area contributed by atoms with Crippen molar-refractivity contribution in [2.24, 2.45) is 0 Å². The quantitative estimate of drug-likeness (QED) is 0.470. The average molecular weight is 418 g/mol. The van der Waals surface area contributed by atoms with Crippen LogP contribution in [0.5, 0.6) is 0 Å². The zero-order valence-electron chi connectivity index (χ0n) is 15.3. The number of halogens is 3. The first kappa shape index (κ1) is 18.5. The van der Waals surface area contributed by atoms with Crippen molar-refractivity contribution < 1.29 is 17.9 Å². The lowest BCUT2D eigenvalue weighted by atomic mass is 10.1. The summed E-state index contributed by atoms with van der Waals surface area (Å²) in [4.78, 5) is 13.4. The topological polar surface area (TPSA) is 52.8 Å². The number of imidazole rings is 1. The van der Waals surface area contributed by atoms with E-state index < -0.39 is 11.7 Å². The summed E-state index contributed by atoms with van der Waals surface area (Å²) in [6.07, 6.45) is -0.665. The summed E-state index contributed by atoms with van der Waals surface area (Å²) >= 11 is 1.51. The van der Waals surface area contributed by atoms with Crippen molar-refractivity contribution in [3.63, 3.8) is 0 Å². The number of thiazole rings is 1. The molecule has 5 nitrogen and oxygen atoms in total. The normalized spacial score (nSPS) is 16.1. The molecule has 4 heterocycles. The minimum Gasteiger partial charge on any atom is -0.381 e. The maximum absolute atomic E-state index is 13.4. The Balaban J connectivity index is 1.77. The van der Waals surface area contributed by atoms with Crippen molar-refractivity contribution in [3.8, 4) is 0 Å². The predicted octanol–water partition coefficient (Wildman–Crippen LogP) is 5.00. The van der Waals surface area contributed by atoms with Crippen LogP contribution in [0.15, 0.2) is 35.3 Å². The Morgan fingerprint density at radius 1 is 1.14 bits per heavy atom. The molecular formula is C20H17F3N4OS. The molecule has 1 saturated heterocycles. The van der Waals surface area contributed by atoms with Gasteiger partial charge in [-0.05, 0) is 31.0 Å². The highest BCUT2D eigenvalue weighted by molar-refractivity contribution is 7.07. The number of ether oxygens (including phenoxy) is 1. The number of aromatic nitrogens is 4. The van der Waals surface area contributed by atoms with E-state index in [9.17, 15) is 13.2 Å². The number of alkyl halides is 3. The van der Waals surface area contributed by atoms with Crippen LogP contribution in [0, 0.1) is 0 Å². The lowest BCUT2D eigenvalue weighted by molar-refractivity contribution is -0.137. The summed E-state index contributed by atoms with van der Waals surface area (Å²) in [6.45, 7) is 1.24. The Labute approximate surface area is 168 Å². The molecule has 0 radical (unpaired) electrons. The first-order valence-electron chi connectivity index (χ1n) is 9.32. The number of rotatable bonds is 3. The molecule has 3 aromatic heterocycles. The van der Waals surface area contributed by atoms with E-state index in [0.717, 1.165) is 30.4 Å².